The van der Waals surface area contributed by atoms with Gasteiger partial charge in [0.2, 0.25) is 0 Å². The molecule has 2 heterocycles. The average molecular weight is 504 g/mol. The van der Waals surface area contributed by atoms with Crippen molar-refractivity contribution in [3.8, 4) is 11.3 Å². The molecular weight excluding hydrogens is 478 g/mol. The Morgan fingerprint density at radius 1 is 1.11 bits per heavy atom. The Morgan fingerprint density at radius 2 is 1.92 bits per heavy atom. The largest absolute Gasteiger partial charge is 0.464 e. The highest BCUT2D eigenvalue weighted by Gasteiger charge is 2.48. The molecule has 6 nitrogen and oxygen atoms in total. The summed E-state index contributed by atoms with van der Waals surface area (Å²) in [5.74, 6) is -1.07. The summed E-state index contributed by atoms with van der Waals surface area (Å²) in [5.41, 5.74) is 2.05. The summed E-state index contributed by atoms with van der Waals surface area (Å²) >= 11 is 6.47. The van der Waals surface area contributed by atoms with Gasteiger partial charge in [0.25, 0.3) is 5.91 Å². The predicted molar refractivity (Wildman–Crippen MR) is 137 cm³/mol. The van der Waals surface area contributed by atoms with Crippen molar-refractivity contribution < 1.29 is 23.8 Å². The highest BCUT2D eigenvalue weighted by Crippen LogP contribution is 2.44. The molecule has 0 bridgehead atoms. The number of hydrogen-bond donors (Lipinski definition) is 2. The van der Waals surface area contributed by atoms with Crippen molar-refractivity contribution in [1.29, 1.82) is 0 Å². The van der Waals surface area contributed by atoms with Crippen LogP contribution in [0.3, 0.4) is 0 Å². The molecule has 2 unspecified atom stereocenters. The summed E-state index contributed by atoms with van der Waals surface area (Å²) in [4.78, 5) is 25.8. The lowest BCUT2D eigenvalue weighted by Crippen LogP contribution is -2.51. The van der Waals surface area contributed by atoms with Crippen molar-refractivity contribution in [2.45, 2.75) is 38.4 Å². The molecule has 0 saturated carbocycles. The first-order chi connectivity index (χ1) is 17.3. The Labute approximate surface area is 214 Å². The van der Waals surface area contributed by atoms with E-state index < -0.39 is 17.4 Å². The average Bonchev–Trinajstić information content (AvgIpc) is 3.44. The molecule has 0 aromatic heterocycles. The highest BCUT2D eigenvalue weighted by molar-refractivity contribution is 6.31. The van der Waals surface area contributed by atoms with Gasteiger partial charge in [-0.25, -0.2) is 4.79 Å². The third-order valence-electron chi connectivity index (χ3n) is 6.78. The van der Waals surface area contributed by atoms with E-state index in [1.165, 1.54) is 0 Å². The van der Waals surface area contributed by atoms with Crippen molar-refractivity contribution >= 4 is 29.2 Å². The normalized spacial score (nSPS) is 15.4. The second kappa shape index (κ2) is 9.45. The predicted octanol–water partition coefficient (Wildman–Crippen LogP) is 6.06. The fraction of sp³-hybridized carbons (Fsp3) is 0.241. The van der Waals surface area contributed by atoms with Gasteiger partial charge in [-0.2, -0.15) is 0 Å². The summed E-state index contributed by atoms with van der Waals surface area (Å²) < 4.78 is 10.9. The molecule has 0 radical (unpaired) electrons. The minimum absolute atomic E-state index is 0.00655. The van der Waals surface area contributed by atoms with E-state index in [9.17, 15) is 14.7 Å². The summed E-state index contributed by atoms with van der Waals surface area (Å²) in [5, 5.41) is 15.7. The van der Waals surface area contributed by atoms with E-state index in [0.29, 0.717) is 33.2 Å². The maximum absolute atomic E-state index is 14.0. The lowest BCUT2D eigenvalue weighted by Gasteiger charge is -2.38. The van der Waals surface area contributed by atoms with Gasteiger partial charge in [-0.3, -0.25) is 4.79 Å². The highest BCUT2D eigenvalue weighted by atomic mass is 35.5. The smallest absolute Gasteiger partial charge is 0.338 e. The number of amides is 1. The van der Waals surface area contributed by atoms with Gasteiger partial charge < -0.3 is 19.6 Å². The van der Waals surface area contributed by atoms with Crippen LogP contribution >= 0.6 is 11.6 Å². The van der Waals surface area contributed by atoms with Crippen LogP contribution in [-0.2, 0) is 22.6 Å². The topological polar surface area (TPSA) is 88.8 Å². The number of cyclic esters (lactones) is 1. The SMILES string of the molecule is CC(C)C(c1ccc2cccoc1-2)C(O)(Cc1ccccc1Cl)C(=O)Nc1ccc2c(c1)COC2=O. The molecule has 2 aliphatic heterocycles. The number of ether oxygens (including phenoxy) is 1. The number of aliphatic hydroxyl groups is 1. The minimum Gasteiger partial charge on any atom is -0.464 e. The van der Waals surface area contributed by atoms with Crippen LogP contribution in [-0.4, -0.2) is 22.6 Å². The molecule has 7 heteroatoms. The zero-order chi connectivity index (χ0) is 25.4. The van der Waals surface area contributed by atoms with Crippen molar-refractivity contribution in [2.75, 3.05) is 5.32 Å². The molecule has 3 aliphatic rings. The lowest BCUT2D eigenvalue weighted by molar-refractivity contribution is -0.138. The second-order valence-electron chi connectivity index (χ2n) is 9.50. The van der Waals surface area contributed by atoms with Gasteiger partial charge in [-0.1, -0.05) is 55.8 Å². The van der Waals surface area contributed by atoms with Crippen molar-refractivity contribution in [2.24, 2.45) is 5.92 Å². The van der Waals surface area contributed by atoms with Gasteiger partial charge in [0.15, 0.2) is 5.60 Å². The third kappa shape index (κ3) is 4.27. The molecule has 2 aromatic carbocycles. The van der Waals surface area contributed by atoms with Crippen LogP contribution in [0, 0.1) is 5.92 Å². The molecule has 1 amide bonds. The van der Waals surface area contributed by atoms with E-state index in [1.54, 1.807) is 36.6 Å². The molecule has 0 saturated heterocycles. The second-order valence-corrected chi connectivity index (χ2v) is 9.91. The van der Waals surface area contributed by atoms with Gasteiger partial charge in [0, 0.05) is 39.7 Å². The molecule has 2 atom stereocenters. The quantitative estimate of drug-likeness (QED) is 0.299. The number of carbonyl (C=O) groups excluding carboxylic acids is 2. The number of hydrogen-bond acceptors (Lipinski definition) is 5. The van der Waals surface area contributed by atoms with Crippen molar-refractivity contribution in [1.82, 2.24) is 0 Å². The van der Waals surface area contributed by atoms with Gasteiger partial charge in [0.1, 0.15) is 12.4 Å². The molecule has 0 spiro atoms. The molecule has 36 heavy (non-hydrogen) atoms. The van der Waals surface area contributed by atoms with E-state index in [4.69, 9.17) is 20.8 Å². The van der Waals surface area contributed by atoms with Crippen LogP contribution in [0.5, 0.6) is 0 Å². The zero-order valence-electron chi connectivity index (χ0n) is 20.0. The van der Waals surface area contributed by atoms with Crippen LogP contribution in [0.25, 0.3) is 11.3 Å². The molecule has 1 aliphatic carbocycles. The number of fused-ring (bicyclic) bond motifs is 2. The van der Waals surface area contributed by atoms with Gasteiger partial charge in [0.05, 0.1) is 11.8 Å². The first-order valence-corrected chi connectivity index (χ1v) is 12.2. The number of rotatable bonds is 7. The Morgan fingerprint density at radius 3 is 2.69 bits per heavy atom. The Hall–Kier alpha value is -3.61. The number of benzene rings is 2. The third-order valence-corrected chi connectivity index (χ3v) is 7.14. The van der Waals surface area contributed by atoms with E-state index >= 15 is 0 Å². The van der Waals surface area contributed by atoms with E-state index in [0.717, 1.165) is 11.1 Å². The Bertz CT molecular complexity index is 1410. The van der Waals surface area contributed by atoms with E-state index in [1.807, 2.05) is 50.2 Å². The fourth-order valence-electron chi connectivity index (χ4n) is 5.14. The standard InChI is InChI=1S/C29H26ClNO5/c1-17(2)25(23-11-9-18-7-5-13-35-26(18)23)29(34,15-19-6-3-4-8-24(19)30)28(33)31-21-10-12-22-20(14-21)16-36-27(22)32/h3-14,17,25,34H,15-16H2,1-2H3,(H,31,33). The van der Waals surface area contributed by atoms with Crippen LogP contribution in [0.15, 0.2) is 77.4 Å². The Kier molecular flexibility index (Phi) is 6.33. The molecule has 0 fully saturated rings. The first kappa shape index (κ1) is 24.1. The van der Waals surface area contributed by atoms with E-state index in [2.05, 4.69) is 5.32 Å². The van der Waals surface area contributed by atoms with Crippen LogP contribution in [0.1, 0.15) is 46.8 Å². The first-order valence-electron chi connectivity index (χ1n) is 11.8. The van der Waals surface area contributed by atoms with Gasteiger partial charge in [-0.05, 0) is 47.9 Å². The summed E-state index contributed by atoms with van der Waals surface area (Å²) in [6.45, 7) is 4.09. The number of esters is 1. The number of anilines is 1. The number of nitrogens with one attached hydrogen (secondary N) is 1. The monoisotopic (exact) mass is 503 g/mol. The maximum atomic E-state index is 14.0. The lowest BCUT2D eigenvalue weighted by atomic mass is 9.71. The van der Waals surface area contributed by atoms with Gasteiger partial charge in [-0.15, -0.1) is 0 Å². The van der Waals surface area contributed by atoms with Crippen LogP contribution < -0.4 is 5.32 Å². The molecular formula is C29H26ClNO5. The summed E-state index contributed by atoms with van der Waals surface area (Å²) in [6.07, 6.45) is 1.58. The minimum atomic E-state index is -1.88. The van der Waals surface area contributed by atoms with Crippen LogP contribution in [0.2, 0.25) is 5.02 Å². The summed E-state index contributed by atoms with van der Waals surface area (Å²) in [7, 11) is 0. The van der Waals surface area contributed by atoms with E-state index in [-0.39, 0.29) is 24.9 Å². The molecule has 5 rings (SSSR count). The van der Waals surface area contributed by atoms with Crippen molar-refractivity contribution in [3.63, 3.8) is 0 Å². The molecule has 2 aromatic rings. The Balaban J connectivity index is 1.58. The van der Waals surface area contributed by atoms with Gasteiger partial charge >= 0.3 is 5.97 Å². The summed E-state index contributed by atoms with van der Waals surface area (Å²) in [6, 6.07) is 19.7. The molecule has 2 N–H and O–H groups in total. The van der Waals surface area contributed by atoms with Crippen LogP contribution in [0.4, 0.5) is 5.69 Å². The van der Waals surface area contributed by atoms with Crippen molar-refractivity contribution in [3.05, 3.63) is 100 Å². The fourth-order valence-corrected chi connectivity index (χ4v) is 5.34. The number of halogens is 1. The maximum Gasteiger partial charge on any atom is 0.338 e. The number of carbonyl (C=O) groups is 2. The zero-order valence-corrected chi connectivity index (χ0v) is 20.7. The molecule has 184 valence electrons.